The van der Waals surface area contributed by atoms with Gasteiger partial charge in [0, 0.05) is 38.1 Å². The lowest BCUT2D eigenvalue weighted by Crippen LogP contribution is -2.66. The van der Waals surface area contributed by atoms with Crippen LogP contribution in [0.15, 0.2) is 5.51 Å². The number of nitrogens with zero attached hydrogens (tertiary/aromatic N) is 3. The van der Waals surface area contributed by atoms with Gasteiger partial charge in [0.15, 0.2) is 0 Å². The fourth-order valence-electron chi connectivity index (χ4n) is 5.54. The first-order chi connectivity index (χ1) is 13.6. The predicted octanol–water partition coefficient (Wildman–Crippen LogP) is 2.68. The van der Waals surface area contributed by atoms with E-state index in [0.717, 1.165) is 36.6 Å². The van der Waals surface area contributed by atoms with Crippen molar-refractivity contribution in [1.82, 2.24) is 20.1 Å². The number of hydrogen-bond acceptors (Lipinski definition) is 5. The van der Waals surface area contributed by atoms with Gasteiger partial charge in [-0.2, -0.15) is 0 Å². The number of piperidine rings is 3. The summed E-state index contributed by atoms with van der Waals surface area (Å²) < 4.78 is 0. The molecule has 0 aromatic carbocycles. The van der Waals surface area contributed by atoms with Crippen molar-refractivity contribution in [2.24, 2.45) is 11.8 Å². The van der Waals surface area contributed by atoms with Crippen LogP contribution in [-0.4, -0.2) is 64.9 Å². The Hall–Kier alpha value is -1.47. The molecule has 0 spiro atoms. The van der Waals surface area contributed by atoms with Gasteiger partial charge in [0.1, 0.15) is 4.88 Å². The Morgan fingerprint density at radius 3 is 2.86 bits per heavy atom. The molecule has 2 bridgehead atoms. The van der Waals surface area contributed by atoms with Gasteiger partial charge in [-0.3, -0.25) is 14.5 Å². The maximum Gasteiger partial charge on any atom is 0.265 e. The summed E-state index contributed by atoms with van der Waals surface area (Å²) in [5.74, 6) is 1.29. The zero-order chi connectivity index (χ0) is 19.7. The van der Waals surface area contributed by atoms with Gasteiger partial charge in [0.2, 0.25) is 5.91 Å². The Kier molecular flexibility index (Phi) is 6.01. The first-order valence-corrected chi connectivity index (χ1v) is 11.7. The highest BCUT2D eigenvalue weighted by atomic mass is 32.1. The summed E-state index contributed by atoms with van der Waals surface area (Å²) in [4.78, 5) is 35.0. The molecule has 3 fully saturated rings. The van der Waals surface area contributed by atoms with Gasteiger partial charge >= 0.3 is 0 Å². The Morgan fingerprint density at radius 1 is 1.29 bits per heavy atom. The van der Waals surface area contributed by atoms with Crippen molar-refractivity contribution < 1.29 is 9.59 Å². The van der Waals surface area contributed by atoms with Crippen LogP contribution in [0.25, 0.3) is 0 Å². The number of nitrogens with one attached hydrogen (secondary N) is 1. The number of carbonyl (C=O) groups excluding carboxylic acids is 2. The Balaban J connectivity index is 1.52. The van der Waals surface area contributed by atoms with E-state index in [-0.39, 0.29) is 11.8 Å². The maximum absolute atomic E-state index is 13.1. The quantitative estimate of drug-likeness (QED) is 0.819. The molecule has 1 aromatic heterocycles. The Morgan fingerprint density at radius 2 is 2.11 bits per heavy atom. The van der Waals surface area contributed by atoms with Crippen molar-refractivity contribution in [3.05, 3.63) is 16.1 Å². The number of thiazole rings is 1. The van der Waals surface area contributed by atoms with Crippen LogP contribution in [0.4, 0.5) is 0 Å². The topological polar surface area (TPSA) is 65.5 Å². The van der Waals surface area contributed by atoms with Crippen LogP contribution in [0.3, 0.4) is 0 Å². The number of aromatic nitrogens is 1. The molecule has 2 amide bonds. The zero-order valence-corrected chi connectivity index (χ0v) is 17.8. The molecule has 3 saturated heterocycles. The fraction of sp³-hybridized carbons (Fsp3) is 0.762. The second-order valence-corrected chi connectivity index (χ2v) is 9.51. The molecule has 3 aliphatic rings. The lowest BCUT2D eigenvalue weighted by molar-refractivity contribution is -0.122. The van der Waals surface area contributed by atoms with Crippen molar-refractivity contribution in [3.63, 3.8) is 0 Å². The summed E-state index contributed by atoms with van der Waals surface area (Å²) in [6, 6.07) is 0.900. The Bertz CT molecular complexity index is 721. The number of aryl methyl sites for hydroxylation is 1. The molecule has 1 N–H and O–H groups in total. The van der Waals surface area contributed by atoms with Gasteiger partial charge < -0.3 is 10.2 Å². The lowest BCUT2D eigenvalue weighted by Gasteiger charge is -2.56. The molecule has 0 aliphatic carbocycles. The maximum atomic E-state index is 13.1. The van der Waals surface area contributed by atoms with Crippen LogP contribution in [0.1, 0.15) is 60.8 Å². The van der Waals surface area contributed by atoms with Gasteiger partial charge in [-0.15, -0.1) is 11.3 Å². The van der Waals surface area contributed by atoms with Crippen molar-refractivity contribution in [1.29, 1.82) is 0 Å². The standard InChI is InChI=1S/C21H32N4O2S/c1-3-6-19(26)22-10-18-16-9-15(17-7-4-5-8-25(17)18)11-24(12-16)21(27)20-14(2)23-13-28-20/h13,15-18H,3-12H2,1-2H3,(H,22,26)/t15-,16+,17+,18+/m1/s1. The van der Waals surface area contributed by atoms with Gasteiger partial charge in [-0.1, -0.05) is 13.3 Å². The largest absolute Gasteiger partial charge is 0.355 e. The van der Waals surface area contributed by atoms with E-state index in [2.05, 4.69) is 20.1 Å². The number of amides is 2. The number of hydrogen-bond donors (Lipinski definition) is 1. The van der Waals surface area contributed by atoms with Crippen LogP contribution >= 0.6 is 11.3 Å². The summed E-state index contributed by atoms with van der Waals surface area (Å²) in [5.41, 5.74) is 2.61. The van der Waals surface area contributed by atoms with E-state index >= 15 is 0 Å². The molecule has 0 unspecified atom stereocenters. The van der Waals surface area contributed by atoms with Crippen molar-refractivity contribution in [2.45, 2.75) is 64.5 Å². The molecule has 6 nitrogen and oxygen atoms in total. The normalized spacial score (nSPS) is 30.0. The summed E-state index contributed by atoms with van der Waals surface area (Å²) in [6.45, 7) is 7.47. The number of rotatable bonds is 5. The second-order valence-electron chi connectivity index (χ2n) is 8.66. The third-order valence-electron chi connectivity index (χ3n) is 6.83. The van der Waals surface area contributed by atoms with E-state index in [4.69, 9.17) is 0 Å². The van der Waals surface area contributed by atoms with E-state index in [0.29, 0.717) is 36.9 Å². The van der Waals surface area contributed by atoms with Gasteiger partial charge in [-0.05, 0) is 51.0 Å². The molecular weight excluding hydrogens is 372 g/mol. The third-order valence-corrected chi connectivity index (χ3v) is 7.75. The van der Waals surface area contributed by atoms with Crippen LogP contribution in [0.5, 0.6) is 0 Å². The molecular formula is C21H32N4O2S. The monoisotopic (exact) mass is 404 g/mol. The van der Waals surface area contributed by atoms with Crippen LogP contribution in [-0.2, 0) is 4.79 Å². The number of carbonyl (C=O) groups is 2. The number of likely N-dealkylation sites (tertiary alicyclic amines) is 1. The summed E-state index contributed by atoms with van der Waals surface area (Å²) in [7, 11) is 0. The SMILES string of the molecule is CCCC(=O)NC[C@H]1[C@H]2C[C@H](CN(C(=O)c3scnc3C)C2)[C@@H]2CCCCN21. The molecule has 3 aliphatic heterocycles. The summed E-state index contributed by atoms with van der Waals surface area (Å²) in [5, 5.41) is 3.18. The van der Waals surface area contributed by atoms with Crippen molar-refractivity contribution >= 4 is 23.2 Å². The van der Waals surface area contributed by atoms with E-state index in [1.165, 1.54) is 37.0 Å². The lowest BCUT2D eigenvalue weighted by atomic mass is 9.72. The van der Waals surface area contributed by atoms with Crippen LogP contribution in [0, 0.1) is 18.8 Å². The van der Waals surface area contributed by atoms with Crippen molar-refractivity contribution in [2.75, 3.05) is 26.2 Å². The third kappa shape index (κ3) is 3.83. The minimum atomic E-state index is 0.146. The smallest absolute Gasteiger partial charge is 0.265 e. The van der Waals surface area contributed by atoms with Crippen molar-refractivity contribution in [3.8, 4) is 0 Å². The average Bonchev–Trinajstić information content (AvgIpc) is 3.13. The molecule has 4 heterocycles. The first-order valence-electron chi connectivity index (χ1n) is 10.8. The summed E-state index contributed by atoms with van der Waals surface area (Å²) >= 11 is 1.45. The second kappa shape index (κ2) is 8.49. The molecule has 4 atom stereocenters. The predicted molar refractivity (Wildman–Crippen MR) is 110 cm³/mol. The summed E-state index contributed by atoms with van der Waals surface area (Å²) in [6.07, 6.45) is 6.40. The molecule has 1 aromatic rings. The highest BCUT2D eigenvalue weighted by molar-refractivity contribution is 7.11. The molecule has 4 rings (SSSR count). The van der Waals surface area contributed by atoms with Crippen LogP contribution in [0.2, 0.25) is 0 Å². The van der Waals surface area contributed by atoms with E-state index in [1.54, 1.807) is 5.51 Å². The van der Waals surface area contributed by atoms with E-state index < -0.39 is 0 Å². The number of fused-ring (bicyclic) bond motifs is 4. The minimum absolute atomic E-state index is 0.146. The van der Waals surface area contributed by atoms with Gasteiger partial charge in [0.05, 0.1) is 11.2 Å². The minimum Gasteiger partial charge on any atom is -0.355 e. The Labute approximate surface area is 171 Å². The molecule has 28 heavy (non-hydrogen) atoms. The molecule has 0 radical (unpaired) electrons. The van der Waals surface area contributed by atoms with Gasteiger partial charge in [0.25, 0.3) is 5.91 Å². The van der Waals surface area contributed by atoms with E-state index in [1.807, 2.05) is 13.8 Å². The fourth-order valence-corrected chi connectivity index (χ4v) is 6.31. The highest BCUT2D eigenvalue weighted by Crippen LogP contribution is 2.41. The van der Waals surface area contributed by atoms with E-state index in [9.17, 15) is 9.59 Å². The molecule has 154 valence electrons. The molecule has 7 heteroatoms. The average molecular weight is 405 g/mol. The van der Waals surface area contributed by atoms with Crippen LogP contribution < -0.4 is 5.32 Å². The van der Waals surface area contributed by atoms with Gasteiger partial charge in [-0.25, -0.2) is 4.98 Å². The molecule has 0 saturated carbocycles. The first kappa shape index (κ1) is 19.8. The zero-order valence-electron chi connectivity index (χ0n) is 17.0. The highest BCUT2D eigenvalue weighted by Gasteiger charge is 2.48.